The summed E-state index contributed by atoms with van der Waals surface area (Å²) in [5.41, 5.74) is 1.40. The molecule has 1 amide bonds. The average molecular weight is 572 g/mol. The van der Waals surface area contributed by atoms with Gasteiger partial charge in [0.2, 0.25) is 0 Å². The van der Waals surface area contributed by atoms with E-state index in [-0.39, 0.29) is 16.9 Å². The van der Waals surface area contributed by atoms with Crippen LogP contribution in [0.5, 0.6) is 11.5 Å². The number of carbonyl (C=O) groups is 1. The van der Waals surface area contributed by atoms with E-state index in [1.807, 2.05) is 55.5 Å². The molecular weight excluding hydrogens is 550 g/mol. The van der Waals surface area contributed by atoms with Crippen molar-refractivity contribution >= 4 is 50.1 Å². The van der Waals surface area contributed by atoms with Crippen LogP contribution in [0, 0.1) is 21.4 Å². The largest absolute Gasteiger partial charge is 0.490 e. The molecule has 0 fully saturated rings. The molecule has 0 bridgehead atoms. The molecule has 0 spiro atoms. The van der Waals surface area contributed by atoms with Crippen LogP contribution in [-0.4, -0.2) is 17.4 Å². The Labute approximate surface area is 227 Å². The summed E-state index contributed by atoms with van der Waals surface area (Å²) in [6.45, 7) is 2.53. The number of rotatable bonds is 9. The van der Waals surface area contributed by atoms with Crippen LogP contribution in [0.15, 0.2) is 88.9 Å². The zero-order valence-corrected chi connectivity index (χ0v) is 21.9. The van der Waals surface area contributed by atoms with Gasteiger partial charge in [-0.15, -0.1) is 0 Å². The number of non-ortho nitro benzene ring substituents is 1. The predicted octanol–water partition coefficient (Wildman–Crippen LogP) is 7.03. The van der Waals surface area contributed by atoms with E-state index in [1.165, 1.54) is 30.3 Å². The Morgan fingerprint density at radius 3 is 2.61 bits per heavy atom. The van der Waals surface area contributed by atoms with Gasteiger partial charge in [0.15, 0.2) is 11.5 Å². The number of ether oxygens (including phenoxy) is 2. The summed E-state index contributed by atoms with van der Waals surface area (Å²) in [6, 6.07) is 24.9. The summed E-state index contributed by atoms with van der Waals surface area (Å²) in [4.78, 5) is 23.2. The van der Waals surface area contributed by atoms with Crippen molar-refractivity contribution < 1.29 is 19.2 Å². The minimum Gasteiger partial charge on any atom is -0.490 e. The van der Waals surface area contributed by atoms with Crippen molar-refractivity contribution in [1.82, 2.24) is 0 Å². The minimum absolute atomic E-state index is 0.172. The monoisotopic (exact) mass is 571 g/mol. The summed E-state index contributed by atoms with van der Waals surface area (Å²) in [5, 5.41) is 25.4. The number of fused-ring (bicyclic) bond motifs is 1. The quantitative estimate of drug-likeness (QED) is 0.0997. The lowest BCUT2D eigenvalue weighted by Crippen LogP contribution is -2.13. The van der Waals surface area contributed by atoms with E-state index in [4.69, 9.17) is 9.47 Å². The number of amides is 1. The first-order chi connectivity index (χ1) is 18.4. The third kappa shape index (κ3) is 6.17. The lowest BCUT2D eigenvalue weighted by atomic mass is 10.1. The smallest absolute Gasteiger partial charge is 0.271 e. The lowest BCUT2D eigenvalue weighted by molar-refractivity contribution is -0.384. The fourth-order valence-electron chi connectivity index (χ4n) is 3.85. The highest BCUT2D eigenvalue weighted by Gasteiger charge is 2.16. The van der Waals surface area contributed by atoms with E-state index in [1.54, 1.807) is 12.1 Å². The summed E-state index contributed by atoms with van der Waals surface area (Å²) in [5.74, 6) is 0.250. The summed E-state index contributed by atoms with van der Waals surface area (Å²) >= 11 is 3.53. The average Bonchev–Trinajstić information content (AvgIpc) is 2.91. The zero-order chi connectivity index (χ0) is 27.1. The van der Waals surface area contributed by atoms with Crippen molar-refractivity contribution in [2.45, 2.75) is 13.5 Å². The second-order valence-electron chi connectivity index (χ2n) is 8.12. The minimum atomic E-state index is -0.696. The van der Waals surface area contributed by atoms with Crippen LogP contribution in [0.1, 0.15) is 18.1 Å². The maximum absolute atomic E-state index is 12.7. The van der Waals surface area contributed by atoms with Crippen LogP contribution in [0.25, 0.3) is 16.8 Å². The first kappa shape index (κ1) is 26.4. The van der Waals surface area contributed by atoms with Gasteiger partial charge in [0.1, 0.15) is 18.2 Å². The zero-order valence-electron chi connectivity index (χ0n) is 20.3. The normalized spacial score (nSPS) is 11.0. The molecule has 0 saturated heterocycles. The van der Waals surface area contributed by atoms with Gasteiger partial charge in [-0.1, -0.05) is 48.5 Å². The van der Waals surface area contributed by atoms with E-state index in [0.717, 1.165) is 16.3 Å². The van der Waals surface area contributed by atoms with E-state index in [2.05, 4.69) is 21.2 Å². The Morgan fingerprint density at radius 2 is 1.84 bits per heavy atom. The number of anilines is 1. The fourth-order valence-corrected chi connectivity index (χ4v) is 4.43. The molecule has 0 aliphatic rings. The first-order valence-corrected chi connectivity index (χ1v) is 12.4. The Bertz CT molecular complexity index is 1590. The van der Waals surface area contributed by atoms with E-state index < -0.39 is 10.8 Å². The number of nitriles is 1. The number of halogens is 1. The van der Waals surface area contributed by atoms with Crippen molar-refractivity contribution in [3.8, 4) is 17.6 Å². The molecular formula is C29H22BrN3O5. The van der Waals surface area contributed by atoms with Crippen LogP contribution in [0.3, 0.4) is 0 Å². The standard InChI is InChI=1S/C29H22BrN3O5/c1-2-37-27-15-19(13-22(17-31)29(34)32-23-10-6-11-24(16-23)33(35)36)14-26(30)28(27)38-18-21-9-5-8-20-7-3-4-12-25(20)21/h3-16H,2,18H2,1H3,(H,32,34)/b22-13+. The van der Waals surface area contributed by atoms with Crippen LogP contribution in [0.4, 0.5) is 11.4 Å². The van der Waals surface area contributed by atoms with Crippen molar-refractivity contribution in [3.63, 3.8) is 0 Å². The number of carbonyl (C=O) groups excluding carboxylic acids is 1. The second-order valence-corrected chi connectivity index (χ2v) is 8.98. The van der Waals surface area contributed by atoms with E-state index >= 15 is 0 Å². The Balaban J connectivity index is 1.58. The third-order valence-corrected chi connectivity index (χ3v) is 6.16. The van der Waals surface area contributed by atoms with Crippen LogP contribution >= 0.6 is 15.9 Å². The van der Waals surface area contributed by atoms with Crippen molar-refractivity contribution in [2.75, 3.05) is 11.9 Å². The third-order valence-electron chi connectivity index (χ3n) is 5.57. The second kappa shape index (κ2) is 12.0. The van der Waals surface area contributed by atoms with Gasteiger partial charge in [0.05, 0.1) is 16.0 Å². The van der Waals surface area contributed by atoms with Gasteiger partial charge in [-0.05, 0) is 69.0 Å². The highest BCUT2D eigenvalue weighted by atomic mass is 79.9. The maximum Gasteiger partial charge on any atom is 0.271 e. The molecule has 1 N–H and O–H groups in total. The predicted molar refractivity (Wildman–Crippen MR) is 149 cm³/mol. The summed E-state index contributed by atoms with van der Waals surface area (Å²) in [6.07, 6.45) is 1.41. The Morgan fingerprint density at radius 1 is 1.08 bits per heavy atom. The fraction of sp³-hybridized carbons (Fsp3) is 0.103. The summed E-state index contributed by atoms with van der Waals surface area (Å²) < 4.78 is 12.6. The van der Waals surface area contributed by atoms with Crippen LogP contribution in [-0.2, 0) is 11.4 Å². The molecule has 0 radical (unpaired) electrons. The molecule has 8 nitrogen and oxygen atoms in total. The number of nitro benzene ring substituents is 1. The number of nitrogens with one attached hydrogen (secondary N) is 1. The van der Waals surface area contributed by atoms with Gasteiger partial charge in [-0.25, -0.2) is 0 Å². The number of nitrogens with zero attached hydrogens (tertiary/aromatic N) is 2. The number of benzene rings is 4. The molecule has 190 valence electrons. The molecule has 0 heterocycles. The summed E-state index contributed by atoms with van der Waals surface area (Å²) in [7, 11) is 0. The van der Waals surface area contributed by atoms with Crippen LogP contribution < -0.4 is 14.8 Å². The Hall–Kier alpha value is -4.68. The molecule has 4 aromatic carbocycles. The molecule has 38 heavy (non-hydrogen) atoms. The van der Waals surface area contributed by atoms with E-state index in [0.29, 0.717) is 34.7 Å². The maximum atomic E-state index is 12.7. The molecule has 9 heteroatoms. The van der Waals surface area contributed by atoms with Gasteiger partial charge >= 0.3 is 0 Å². The van der Waals surface area contributed by atoms with Gasteiger partial charge in [0, 0.05) is 17.8 Å². The topological polar surface area (TPSA) is 114 Å². The van der Waals surface area contributed by atoms with Gasteiger partial charge < -0.3 is 14.8 Å². The highest BCUT2D eigenvalue weighted by Crippen LogP contribution is 2.38. The molecule has 0 aliphatic carbocycles. The molecule has 0 aromatic heterocycles. The number of hydrogen-bond donors (Lipinski definition) is 1. The molecule has 0 atom stereocenters. The van der Waals surface area contributed by atoms with Gasteiger partial charge in [0.25, 0.3) is 11.6 Å². The van der Waals surface area contributed by atoms with E-state index in [9.17, 15) is 20.2 Å². The van der Waals surface area contributed by atoms with Crippen molar-refractivity contribution in [3.05, 3.63) is 110 Å². The molecule has 0 aliphatic heterocycles. The lowest BCUT2D eigenvalue weighted by Gasteiger charge is -2.16. The van der Waals surface area contributed by atoms with Crippen molar-refractivity contribution in [2.24, 2.45) is 0 Å². The number of hydrogen-bond acceptors (Lipinski definition) is 6. The molecule has 4 rings (SSSR count). The molecule has 0 unspecified atom stereocenters. The van der Waals surface area contributed by atoms with Gasteiger partial charge in [-0.2, -0.15) is 5.26 Å². The SMILES string of the molecule is CCOc1cc(/C=C(\C#N)C(=O)Nc2cccc([N+](=O)[O-])c2)cc(Br)c1OCc1cccc2ccccc12. The van der Waals surface area contributed by atoms with Crippen molar-refractivity contribution in [1.29, 1.82) is 5.26 Å². The van der Waals surface area contributed by atoms with Gasteiger partial charge in [-0.3, -0.25) is 14.9 Å². The Kier molecular flexibility index (Phi) is 8.36. The molecule has 4 aromatic rings. The highest BCUT2D eigenvalue weighted by molar-refractivity contribution is 9.10. The van der Waals surface area contributed by atoms with Crippen LogP contribution in [0.2, 0.25) is 0 Å². The number of nitro groups is 1. The molecule has 0 saturated carbocycles. The first-order valence-electron chi connectivity index (χ1n) is 11.6.